The van der Waals surface area contributed by atoms with Gasteiger partial charge in [-0.1, -0.05) is 0 Å². The van der Waals surface area contributed by atoms with Gasteiger partial charge in [-0.2, -0.15) is 0 Å². The van der Waals surface area contributed by atoms with Crippen LogP contribution in [0.1, 0.15) is 19.8 Å². The minimum Gasteiger partial charge on any atom is -0.381 e. The summed E-state index contributed by atoms with van der Waals surface area (Å²) < 4.78 is 10.5. The van der Waals surface area contributed by atoms with Crippen molar-refractivity contribution in [3.8, 4) is 0 Å². The first-order valence-corrected chi connectivity index (χ1v) is 7.48. The molecule has 21 heavy (non-hydrogen) atoms. The molecule has 1 heterocycles. The van der Waals surface area contributed by atoms with E-state index >= 15 is 0 Å². The van der Waals surface area contributed by atoms with E-state index in [1.54, 1.807) is 7.11 Å². The Morgan fingerprint density at radius 3 is 2.52 bits per heavy atom. The number of anilines is 2. The van der Waals surface area contributed by atoms with Crippen LogP contribution in [0, 0.1) is 0 Å². The third-order valence-electron chi connectivity index (χ3n) is 3.73. The normalized spacial score (nSPS) is 16.0. The Hall–Kier alpha value is -1.59. The molecule has 0 aromatic heterocycles. The van der Waals surface area contributed by atoms with Crippen LogP contribution in [-0.4, -0.2) is 45.4 Å². The van der Waals surface area contributed by atoms with E-state index in [9.17, 15) is 4.79 Å². The van der Waals surface area contributed by atoms with Crippen molar-refractivity contribution in [3.05, 3.63) is 24.3 Å². The first-order chi connectivity index (χ1) is 10.2. The fourth-order valence-corrected chi connectivity index (χ4v) is 2.50. The van der Waals surface area contributed by atoms with Gasteiger partial charge in [0.15, 0.2) is 0 Å². The van der Waals surface area contributed by atoms with Crippen molar-refractivity contribution in [3.63, 3.8) is 0 Å². The Morgan fingerprint density at radius 1 is 1.29 bits per heavy atom. The summed E-state index contributed by atoms with van der Waals surface area (Å²) in [6, 6.07) is 7.95. The van der Waals surface area contributed by atoms with E-state index in [4.69, 9.17) is 9.47 Å². The van der Waals surface area contributed by atoms with Crippen LogP contribution in [0.25, 0.3) is 0 Å². The second kappa shape index (κ2) is 8.00. The van der Waals surface area contributed by atoms with Crippen LogP contribution >= 0.6 is 0 Å². The van der Waals surface area contributed by atoms with Crippen LogP contribution in [0.15, 0.2) is 24.3 Å². The van der Waals surface area contributed by atoms with Gasteiger partial charge in [-0.05, 0) is 44.0 Å². The highest BCUT2D eigenvalue weighted by Crippen LogP contribution is 2.22. The lowest BCUT2D eigenvalue weighted by atomic mass is 10.1. The van der Waals surface area contributed by atoms with Gasteiger partial charge < -0.3 is 19.7 Å². The van der Waals surface area contributed by atoms with E-state index in [1.165, 1.54) is 5.69 Å². The molecule has 1 aromatic rings. The largest absolute Gasteiger partial charge is 0.381 e. The number of amides is 1. The Morgan fingerprint density at radius 2 is 1.95 bits per heavy atom. The van der Waals surface area contributed by atoms with Gasteiger partial charge >= 0.3 is 0 Å². The number of rotatable bonds is 6. The standard InChI is InChI=1S/C16H24N2O3/c1-3-21-12-16(19)17-13-4-6-14(7-5-13)18-10-8-15(20-2)9-11-18/h4-7,15H,3,8-12H2,1-2H3,(H,17,19). The van der Waals surface area contributed by atoms with E-state index in [2.05, 4.69) is 10.2 Å². The zero-order chi connectivity index (χ0) is 15.1. The lowest BCUT2D eigenvalue weighted by molar-refractivity contribution is -0.120. The highest BCUT2D eigenvalue weighted by atomic mass is 16.5. The van der Waals surface area contributed by atoms with Gasteiger partial charge in [-0.25, -0.2) is 0 Å². The summed E-state index contributed by atoms with van der Waals surface area (Å²) in [7, 11) is 1.78. The number of methoxy groups -OCH3 is 1. The van der Waals surface area contributed by atoms with E-state index in [0.29, 0.717) is 12.7 Å². The van der Waals surface area contributed by atoms with E-state index in [0.717, 1.165) is 31.6 Å². The Kier molecular flexibility index (Phi) is 6.02. The maximum Gasteiger partial charge on any atom is 0.250 e. The maximum atomic E-state index is 11.6. The van der Waals surface area contributed by atoms with Gasteiger partial charge in [0, 0.05) is 38.2 Å². The fourth-order valence-electron chi connectivity index (χ4n) is 2.50. The SMILES string of the molecule is CCOCC(=O)Nc1ccc(N2CCC(OC)CC2)cc1. The van der Waals surface area contributed by atoms with Crippen molar-refractivity contribution in [2.75, 3.05) is 43.6 Å². The van der Waals surface area contributed by atoms with Crippen LogP contribution in [0.2, 0.25) is 0 Å². The molecule has 0 bridgehead atoms. The number of benzene rings is 1. The molecule has 116 valence electrons. The number of piperidine rings is 1. The van der Waals surface area contributed by atoms with Gasteiger partial charge in [0.1, 0.15) is 6.61 Å². The predicted molar refractivity (Wildman–Crippen MR) is 83.8 cm³/mol. The van der Waals surface area contributed by atoms with Crippen molar-refractivity contribution < 1.29 is 14.3 Å². The Labute approximate surface area is 126 Å². The monoisotopic (exact) mass is 292 g/mol. The number of nitrogens with one attached hydrogen (secondary N) is 1. The number of hydrogen-bond acceptors (Lipinski definition) is 4. The second-order valence-corrected chi connectivity index (χ2v) is 5.15. The molecule has 1 fully saturated rings. The van der Waals surface area contributed by atoms with E-state index < -0.39 is 0 Å². The van der Waals surface area contributed by atoms with Crippen molar-refractivity contribution >= 4 is 17.3 Å². The summed E-state index contributed by atoms with van der Waals surface area (Å²) in [4.78, 5) is 13.9. The van der Waals surface area contributed by atoms with Crippen molar-refractivity contribution in [2.24, 2.45) is 0 Å². The van der Waals surface area contributed by atoms with Crippen LogP contribution in [0.5, 0.6) is 0 Å². The number of carbonyl (C=O) groups is 1. The zero-order valence-electron chi connectivity index (χ0n) is 12.8. The van der Waals surface area contributed by atoms with Crippen molar-refractivity contribution in [1.29, 1.82) is 0 Å². The number of carbonyl (C=O) groups excluding carboxylic acids is 1. The van der Waals surface area contributed by atoms with Gasteiger partial charge in [-0.15, -0.1) is 0 Å². The summed E-state index contributed by atoms with van der Waals surface area (Å²) in [5, 5.41) is 2.82. The highest BCUT2D eigenvalue weighted by molar-refractivity contribution is 5.91. The Balaban J connectivity index is 1.86. The van der Waals surface area contributed by atoms with Crippen LogP contribution in [-0.2, 0) is 14.3 Å². The van der Waals surface area contributed by atoms with E-state index in [1.807, 2.05) is 31.2 Å². The fraction of sp³-hybridized carbons (Fsp3) is 0.562. The van der Waals surface area contributed by atoms with E-state index in [-0.39, 0.29) is 12.5 Å². The first kappa shape index (κ1) is 15.8. The molecule has 0 unspecified atom stereocenters. The predicted octanol–water partition coefficient (Wildman–Crippen LogP) is 2.28. The summed E-state index contributed by atoms with van der Waals surface area (Å²) in [6.07, 6.45) is 2.51. The smallest absolute Gasteiger partial charge is 0.250 e. The first-order valence-electron chi connectivity index (χ1n) is 7.48. The zero-order valence-corrected chi connectivity index (χ0v) is 12.8. The average Bonchev–Trinajstić information content (AvgIpc) is 2.54. The highest BCUT2D eigenvalue weighted by Gasteiger charge is 2.18. The van der Waals surface area contributed by atoms with Gasteiger partial charge in [0.05, 0.1) is 6.10 Å². The molecule has 2 rings (SSSR count). The Bertz CT molecular complexity index is 439. The van der Waals surface area contributed by atoms with Gasteiger partial charge in [-0.3, -0.25) is 4.79 Å². The molecule has 5 nitrogen and oxygen atoms in total. The molecule has 0 radical (unpaired) electrons. The molecule has 1 amide bonds. The minimum atomic E-state index is -0.120. The third-order valence-corrected chi connectivity index (χ3v) is 3.73. The number of nitrogens with zero attached hydrogens (tertiary/aromatic N) is 1. The van der Waals surface area contributed by atoms with Crippen LogP contribution < -0.4 is 10.2 Å². The molecule has 1 aliphatic rings. The summed E-state index contributed by atoms with van der Waals surface area (Å²) in [5.41, 5.74) is 1.99. The van der Waals surface area contributed by atoms with Gasteiger partial charge in [0.2, 0.25) is 5.91 Å². The van der Waals surface area contributed by atoms with Crippen LogP contribution in [0.4, 0.5) is 11.4 Å². The molecule has 1 saturated heterocycles. The van der Waals surface area contributed by atoms with Crippen molar-refractivity contribution in [1.82, 2.24) is 0 Å². The minimum absolute atomic E-state index is 0.1000. The summed E-state index contributed by atoms with van der Waals surface area (Å²) in [5.74, 6) is -0.120. The molecule has 1 aromatic carbocycles. The van der Waals surface area contributed by atoms with Crippen molar-refractivity contribution in [2.45, 2.75) is 25.9 Å². The quantitative estimate of drug-likeness (QED) is 0.874. The molecule has 0 spiro atoms. The summed E-state index contributed by atoms with van der Waals surface area (Å²) >= 11 is 0. The lowest BCUT2D eigenvalue weighted by Crippen LogP contribution is -2.36. The number of hydrogen-bond donors (Lipinski definition) is 1. The molecule has 0 saturated carbocycles. The number of ether oxygens (including phenoxy) is 2. The molecule has 0 atom stereocenters. The van der Waals surface area contributed by atoms with Gasteiger partial charge in [0.25, 0.3) is 0 Å². The molecular formula is C16H24N2O3. The molecule has 5 heteroatoms. The second-order valence-electron chi connectivity index (χ2n) is 5.15. The molecular weight excluding hydrogens is 268 g/mol. The average molecular weight is 292 g/mol. The molecule has 1 aliphatic heterocycles. The molecule has 1 N–H and O–H groups in total. The maximum absolute atomic E-state index is 11.6. The summed E-state index contributed by atoms with van der Waals surface area (Å²) in [6.45, 7) is 4.53. The lowest BCUT2D eigenvalue weighted by Gasteiger charge is -2.33. The molecule has 0 aliphatic carbocycles. The third kappa shape index (κ3) is 4.72. The topological polar surface area (TPSA) is 50.8 Å². The van der Waals surface area contributed by atoms with Crippen LogP contribution in [0.3, 0.4) is 0 Å².